The van der Waals surface area contributed by atoms with Crippen molar-refractivity contribution in [3.63, 3.8) is 0 Å². The molecule has 33 heavy (non-hydrogen) atoms. The predicted octanol–water partition coefficient (Wildman–Crippen LogP) is 6.89. The van der Waals surface area contributed by atoms with Gasteiger partial charge in [0.1, 0.15) is 12.4 Å². The normalized spacial score (nSPS) is 10.8. The van der Waals surface area contributed by atoms with Gasteiger partial charge in [0, 0.05) is 9.79 Å². The minimum Gasteiger partial charge on any atom is -0.491 e. The first-order valence-electron chi connectivity index (χ1n) is 11.1. The zero-order valence-corrected chi connectivity index (χ0v) is 21.2. The van der Waals surface area contributed by atoms with Crippen LogP contribution in [0.5, 0.6) is 5.75 Å². The SMILES string of the molecule is CCC(=C(c1ccc(SC)cc1)c1ccc(SC)cc1)c1cccc(OCCOCCO)c1. The summed E-state index contributed by atoms with van der Waals surface area (Å²) in [4.78, 5) is 2.51. The van der Waals surface area contributed by atoms with Gasteiger partial charge in [0.15, 0.2) is 0 Å². The third-order valence-electron chi connectivity index (χ3n) is 5.33. The molecule has 3 rings (SSSR count). The van der Waals surface area contributed by atoms with Crippen LogP contribution in [0.25, 0.3) is 11.1 Å². The van der Waals surface area contributed by atoms with Crippen LogP contribution in [0, 0.1) is 0 Å². The molecule has 3 aromatic rings. The summed E-state index contributed by atoms with van der Waals surface area (Å²) in [5, 5.41) is 8.83. The molecule has 0 spiro atoms. The minimum absolute atomic E-state index is 0.0266. The lowest BCUT2D eigenvalue weighted by Gasteiger charge is -2.18. The van der Waals surface area contributed by atoms with Crippen LogP contribution in [0.3, 0.4) is 0 Å². The van der Waals surface area contributed by atoms with Crippen molar-refractivity contribution in [3.8, 4) is 5.75 Å². The topological polar surface area (TPSA) is 38.7 Å². The van der Waals surface area contributed by atoms with E-state index in [0.717, 1.165) is 17.7 Å². The molecular weight excluding hydrogens is 448 g/mol. The van der Waals surface area contributed by atoms with Gasteiger partial charge in [0.25, 0.3) is 0 Å². The van der Waals surface area contributed by atoms with E-state index in [9.17, 15) is 0 Å². The van der Waals surface area contributed by atoms with E-state index >= 15 is 0 Å². The van der Waals surface area contributed by atoms with Crippen LogP contribution in [0.15, 0.2) is 82.6 Å². The highest BCUT2D eigenvalue weighted by molar-refractivity contribution is 7.98. The van der Waals surface area contributed by atoms with Crippen LogP contribution in [-0.2, 0) is 4.74 Å². The second kappa shape index (κ2) is 13.5. The van der Waals surface area contributed by atoms with Crippen molar-refractivity contribution in [3.05, 3.63) is 89.5 Å². The van der Waals surface area contributed by atoms with Gasteiger partial charge in [-0.2, -0.15) is 0 Å². The second-order valence-electron chi connectivity index (χ2n) is 7.38. The van der Waals surface area contributed by atoms with E-state index in [2.05, 4.69) is 80.1 Å². The highest BCUT2D eigenvalue weighted by Crippen LogP contribution is 2.36. The smallest absolute Gasteiger partial charge is 0.120 e. The summed E-state index contributed by atoms with van der Waals surface area (Å²) in [6.07, 6.45) is 5.10. The third-order valence-corrected chi connectivity index (χ3v) is 6.81. The number of ether oxygens (including phenoxy) is 2. The van der Waals surface area contributed by atoms with Crippen LogP contribution >= 0.6 is 23.5 Å². The molecule has 0 aliphatic heterocycles. The van der Waals surface area contributed by atoms with Gasteiger partial charge in [0.2, 0.25) is 0 Å². The zero-order chi connectivity index (χ0) is 23.5. The number of rotatable bonds is 12. The van der Waals surface area contributed by atoms with Crippen molar-refractivity contribution >= 4 is 34.7 Å². The zero-order valence-electron chi connectivity index (χ0n) is 19.5. The molecule has 0 atom stereocenters. The Morgan fingerprint density at radius 2 is 1.36 bits per heavy atom. The van der Waals surface area contributed by atoms with E-state index in [-0.39, 0.29) is 6.61 Å². The molecule has 0 bridgehead atoms. The molecule has 0 fully saturated rings. The summed E-state index contributed by atoms with van der Waals surface area (Å²) in [5.41, 5.74) is 6.12. The van der Waals surface area contributed by atoms with Crippen molar-refractivity contribution in [1.29, 1.82) is 0 Å². The first-order chi connectivity index (χ1) is 16.2. The van der Waals surface area contributed by atoms with Crippen LogP contribution < -0.4 is 4.74 Å². The highest BCUT2D eigenvalue weighted by atomic mass is 32.2. The maximum atomic E-state index is 8.83. The lowest BCUT2D eigenvalue weighted by molar-refractivity contribution is 0.0705. The van der Waals surface area contributed by atoms with Gasteiger partial charge in [-0.05, 0) is 83.2 Å². The Morgan fingerprint density at radius 3 is 1.88 bits per heavy atom. The lowest BCUT2D eigenvalue weighted by atomic mass is 9.88. The van der Waals surface area contributed by atoms with Crippen molar-refractivity contribution < 1.29 is 14.6 Å². The van der Waals surface area contributed by atoms with Crippen molar-refractivity contribution in [2.75, 3.05) is 38.9 Å². The van der Waals surface area contributed by atoms with E-state index in [0.29, 0.717) is 19.8 Å². The lowest BCUT2D eigenvalue weighted by Crippen LogP contribution is -2.09. The van der Waals surface area contributed by atoms with Gasteiger partial charge >= 0.3 is 0 Å². The first-order valence-corrected chi connectivity index (χ1v) is 13.6. The Labute approximate surface area is 206 Å². The molecule has 1 N–H and O–H groups in total. The predicted molar refractivity (Wildman–Crippen MR) is 142 cm³/mol. The van der Waals surface area contributed by atoms with Gasteiger partial charge in [0.05, 0.1) is 19.8 Å². The van der Waals surface area contributed by atoms with Gasteiger partial charge < -0.3 is 14.6 Å². The van der Waals surface area contributed by atoms with E-state index in [1.165, 1.54) is 32.1 Å². The van der Waals surface area contributed by atoms with E-state index in [1.54, 1.807) is 23.5 Å². The van der Waals surface area contributed by atoms with E-state index in [4.69, 9.17) is 14.6 Å². The molecule has 174 valence electrons. The molecule has 5 heteroatoms. The van der Waals surface area contributed by atoms with Gasteiger partial charge in [-0.1, -0.05) is 43.3 Å². The minimum atomic E-state index is 0.0266. The molecule has 0 aromatic heterocycles. The summed E-state index contributed by atoms with van der Waals surface area (Å²) in [6, 6.07) is 25.9. The van der Waals surface area contributed by atoms with Crippen molar-refractivity contribution in [1.82, 2.24) is 0 Å². The van der Waals surface area contributed by atoms with Gasteiger partial charge in [-0.15, -0.1) is 23.5 Å². The Bertz CT molecular complexity index is 978. The standard InChI is InChI=1S/C28H32O3S2/c1-4-27(23-6-5-7-24(20-23)31-19-18-30-17-16-29)28(21-8-12-25(32-2)13-9-21)22-10-14-26(33-3)15-11-22/h5-15,20,29H,4,16-19H2,1-3H3. The first kappa shape index (κ1) is 25.4. The molecule has 3 aromatic carbocycles. The number of aliphatic hydroxyl groups is 1. The summed E-state index contributed by atoms with van der Waals surface area (Å²) in [6.45, 7) is 3.47. The van der Waals surface area contributed by atoms with Crippen molar-refractivity contribution in [2.45, 2.75) is 23.1 Å². The maximum Gasteiger partial charge on any atom is 0.120 e. The number of hydrogen-bond acceptors (Lipinski definition) is 5. The molecule has 0 aliphatic rings. The molecule has 0 unspecified atom stereocenters. The molecule has 0 aliphatic carbocycles. The fourth-order valence-corrected chi connectivity index (χ4v) is 4.53. The Balaban J connectivity index is 2.01. The second-order valence-corrected chi connectivity index (χ2v) is 9.14. The van der Waals surface area contributed by atoms with Crippen LogP contribution in [-0.4, -0.2) is 44.0 Å². The maximum absolute atomic E-state index is 8.83. The summed E-state index contributed by atoms with van der Waals surface area (Å²) in [5.74, 6) is 0.820. The summed E-state index contributed by atoms with van der Waals surface area (Å²) >= 11 is 3.51. The number of hydrogen-bond donors (Lipinski definition) is 1. The quantitative estimate of drug-likeness (QED) is 0.174. The molecule has 0 saturated carbocycles. The fraction of sp³-hybridized carbons (Fsp3) is 0.286. The molecule has 0 radical (unpaired) electrons. The number of allylic oxidation sites excluding steroid dienone is 1. The van der Waals surface area contributed by atoms with Crippen LogP contribution in [0.2, 0.25) is 0 Å². The summed E-state index contributed by atoms with van der Waals surface area (Å²) < 4.78 is 11.2. The highest BCUT2D eigenvalue weighted by Gasteiger charge is 2.14. The van der Waals surface area contributed by atoms with Crippen LogP contribution in [0.1, 0.15) is 30.0 Å². The van der Waals surface area contributed by atoms with Crippen LogP contribution in [0.4, 0.5) is 0 Å². The monoisotopic (exact) mass is 480 g/mol. The molecule has 3 nitrogen and oxygen atoms in total. The number of benzene rings is 3. The molecular formula is C28H32O3S2. The third kappa shape index (κ3) is 7.15. The fourth-order valence-electron chi connectivity index (χ4n) is 3.71. The Morgan fingerprint density at radius 1 is 0.758 bits per heavy atom. The van der Waals surface area contributed by atoms with E-state index < -0.39 is 0 Å². The molecule has 0 heterocycles. The summed E-state index contributed by atoms with van der Waals surface area (Å²) in [7, 11) is 0. The largest absolute Gasteiger partial charge is 0.491 e. The van der Waals surface area contributed by atoms with Gasteiger partial charge in [-0.3, -0.25) is 0 Å². The number of aliphatic hydroxyl groups excluding tert-OH is 1. The molecule has 0 amide bonds. The number of thioether (sulfide) groups is 2. The Hall–Kier alpha value is -2.18. The Kier molecular flexibility index (Phi) is 10.4. The van der Waals surface area contributed by atoms with Crippen molar-refractivity contribution in [2.24, 2.45) is 0 Å². The van der Waals surface area contributed by atoms with Gasteiger partial charge in [-0.25, -0.2) is 0 Å². The molecule has 0 saturated heterocycles. The van der Waals surface area contributed by atoms with E-state index in [1.807, 2.05) is 12.1 Å². The average molecular weight is 481 g/mol. The average Bonchev–Trinajstić information content (AvgIpc) is 2.87.